The third-order valence-electron chi connectivity index (χ3n) is 3.84. The van der Waals surface area contributed by atoms with Crippen LogP contribution in [0.3, 0.4) is 0 Å². The Morgan fingerprint density at radius 1 is 1.33 bits per heavy atom. The predicted molar refractivity (Wildman–Crippen MR) is 76.9 cm³/mol. The van der Waals surface area contributed by atoms with Crippen LogP contribution in [0.15, 0.2) is 24.3 Å². The fourth-order valence-corrected chi connectivity index (χ4v) is 2.51. The molecule has 2 rings (SSSR count). The number of phenolic OH excluding ortho intramolecular Hbond substituents is 1. The summed E-state index contributed by atoms with van der Waals surface area (Å²) in [6.45, 7) is 3.33. The third kappa shape index (κ3) is 3.95. The number of carbonyl (C=O) groups excluding carboxylic acids is 1. The van der Waals surface area contributed by atoms with Gasteiger partial charge < -0.3 is 20.8 Å². The van der Waals surface area contributed by atoms with E-state index in [-0.39, 0.29) is 29.9 Å². The molecule has 0 saturated carbocycles. The van der Waals surface area contributed by atoms with Crippen molar-refractivity contribution in [3.63, 3.8) is 0 Å². The van der Waals surface area contributed by atoms with E-state index in [0.29, 0.717) is 6.54 Å². The monoisotopic (exact) mass is 292 g/mol. The number of phenols is 1. The highest BCUT2D eigenvalue weighted by molar-refractivity contribution is 5.85. The molecule has 3 atom stereocenters. The van der Waals surface area contributed by atoms with Crippen molar-refractivity contribution >= 4 is 11.9 Å². The van der Waals surface area contributed by atoms with Crippen LogP contribution in [0.1, 0.15) is 12.5 Å². The van der Waals surface area contributed by atoms with Crippen molar-refractivity contribution < 1.29 is 19.8 Å². The summed E-state index contributed by atoms with van der Waals surface area (Å²) >= 11 is 0. The van der Waals surface area contributed by atoms with Crippen LogP contribution in [-0.4, -0.2) is 41.2 Å². The summed E-state index contributed by atoms with van der Waals surface area (Å²) in [4.78, 5) is 23.5. The lowest BCUT2D eigenvalue weighted by atomic mass is 9.96. The molecule has 114 valence electrons. The van der Waals surface area contributed by atoms with E-state index in [0.717, 1.165) is 12.1 Å². The van der Waals surface area contributed by atoms with Crippen LogP contribution in [0.2, 0.25) is 0 Å². The van der Waals surface area contributed by atoms with Crippen LogP contribution in [0.25, 0.3) is 0 Å². The Morgan fingerprint density at radius 2 is 2.00 bits per heavy atom. The van der Waals surface area contributed by atoms with Gasteiger partial charge in [0.2, 0.25) is 5.91 Å². The number of rotatable bonds is 5. The van der Waals surface area contributed by atoms with Gasteiger partial charge in [0.15, 0.2) is 0 Å². The zero-order valence-corrected chi connectivity index (χ0v) is 11.9. The first kappa shape index (κ1) is 15.3. The van der Waals surface area contributed by atoms with Gasteiger partial charge in [0, 0.05) is 13.0 Å². The van der Waals surface area contributed by atoms with Gasteiger partial charge in [-0.1, -0.05) is 19.1 Å². The van der Waals surface area contributed by atoms with Crippen LogP contribution < -0.4 is 10.6 Å². The maximum atomic E-state index is 12.2. The molecule has 6 nitrogen and oxygen atoms in total. The SMILES string of the molecule is CC1CNCC1C(=O)NC(Cc1ccc(O)cc1)C(=O)O. The van der Waals surface area contributed by atoms with Gasteiger partial charge in [-0.3, -0.25) is 4.79 Å². The molecule has 0 aliphatic carbocycles. The smallest absolute Gasteiger partial charge is 0.326 e. The van der Waals surface area contributed by atoms with Crippen molar-refractivity contribution in [2.45, 2.75) is 19.4 Å². The van der Waals surface area contributed by atoms with Crippen molar-refractivity contribution in [2.75, 3.05) is 13.1 Å². The lowest BCUT2D eigenvalue weighted by Gasteiger charge is -2.19. The van der Waals surface area contributed by atoms with E-state index < -0.39 is 12.0 Å². The van der Waals surface area contributed by atoms with Crippen molar-refractivity contribution in [3.05, 3.63) is 29.8 Å². The quantitative estimate of drug-likeness (QED) is 0.628. The minimum atomic E-state index is -1.06. The Kier molecular flexibility index (Phi) is 4.80. The van der Waals surface area contributed by atoms with Gasteiger partial charge in [-0.15, -0.1) is 0 Å². The normalized spacial score (nSPS) is 22.7. The Bertz CT molecular complexity index is 515. The highest BCUT2D eigenvalue weighted by atomic mass is 16.4. The number of carboxylic acid groups (broad SMARTS) is 1. The minimum Gasteiger partial charge on any atom is -0.508 e. The predicted octanol–water partition coefficient (Wildman–Crippen LogP) is 0.360. The number of carboxylic acids is 1. The summed E-state index contributed by atoms with van der Waals surface area (Å²) in [7, 11) is 0. The van der Waals surface area contributed by atoms with Crippen LogP contribution in [0.4, 0.5) is 0 Å². The molecule has 0 aromatic heterocycles. The van der Waals surface area contributed by atoms with Crippen molar-refractivity contribution in [1.82, 2.24) is 10.6 Å². The second kappa shape index (κ2) is 6.58. The fraction of sp³-hybridized carbons (Fsp3) is 0.467. The highest BCUT2D eigenvalue weighted by Gasteiger charge is 2.32. The van der Waals surface area contributed by atoms with Gasteiger partial charge in [-0.2, -0.15) is 0 Å². The fourth-order valence-electron chi connectivity index (χ4n) is 2.51. The molecule has 1 saturated heterocycles. The van der Waals surface area contributed by atoms with E-state index in [1.165, 1.54) is 12.1 Å². The molecule has 0 bridgehead atoms. The van der Waals surface area contributed by atoms with Gasteiger partial charge in [0.1, 0.15) is 11.8 Å². The van der Waals surface area contributed by atoms with Crippen LogP contribution in [0.5, 0.6) is 5.75 Å². The van der Waals surface area contributed by atoms with Gasteiger partial charge in [-0.25, -0.2) is 4.79 Å². The van der Waals surface area contributed by atoms with Gasteiger partial charge in [0.25, 0.3) is 0 Å². The Hall–Kier alpha value is -2.08. The molecule has 1 heterocycles. The van der Waals surface area contributed by atoms with E-state index >= 15 is 0 Å². The molecular formula is C15H20N2O4. The number of aromatic hydroxyl groups is 1. The summed E-state index contributed by atoms with van der Waals surface area (Å²) < 4.78 is 0. The van der Waals surface area contributed by atoms with Gasteiger partial charge in [0.05, 0.1) is 5.92 Å². The molecule has 0 radical (unpaired) electrons. The van der Waals surface area contributed by atoms with Gasteiger partial charge >= 0.3 is 5.97 Å². The molecule has 1 aromatic carbocycles. The van der Waals surface area contributed by atoms with E-state index in [4.69, 9.17) is 0 Å². The lowest BCUT2D eigenvalue weighted by molar-refractivity contribution is -0.142. The number of hydrogen-bond donors (Lipinski definition) is 4. The van der Waals surface area contributed by atoms with Gasteiger partial charge in [-0.05, 0) is 30.2 Å². The molecule has 1 aliphatic heterocycles. The maximum Gasteiger partial charge on any atom is 0.326 e. The number of nitrogens with one attached hydrogen (secondary N) is 2. The maximum absolute atomic E-state index is 12.2. The first-order valence-electron chi connectivity index (χ1n) is 6.99. The van der Waals surface area contributed by atoms with E-state index in [1.807, 2.05) is 6.92 Å². The second-order valence-electron chi connectivity index (χ2n) is 5.51. The molecule has 4 N–H and O–H groups in total. The molecule has 6 heteroatoms. The molecule has 21 heavy (non-hydrogen) atoms. The summed E-state index contributed by atoms with van der Waals surface area (Å²) in [5, 5.41) is 24.2. The second-order valence-corrected chi connectivity index (χ2v) is 5.51. The first-order chi connectivity index (χ1) is 9.97. The Morgan fingerprint density at radius 3 is 2.52 bits per heavy atom. The van der Waals surface area contributed by atoms with E-state index in [1.54, 1.807) is 12.1 Å². The topological polar surface area (TPSA) is 98.7 Å². The first-order valence-corrected chi connectivity index (χ1v) is 6.99. The van der Waals surface area contributed by atoms with Crippen molar-refractivity contribution in [3.8, 4) is 5.75 Å². The zero-order valence-electron chi connectivity index (χ0n) is 11.9. The summed E-state index contributed by atoms with van der Waals surface area (Å²) in [5.74, 6) is -1.14. The molecular weight excluding hydrogens is 272 g/mol. The number of hydrogen-bond acceptors (Lipinski definition) is 4. The van der Waals surface area contributed by atoms with E-state index in [9.17, 15) is 19.8 Å². The number of aliphatic carboxylic acids is 1. The average molecular weight is 292 g/mol. The van der Waals surface area contributed by atoms with Crippen LogP contribution in [0, 0.1) is 11.8 Å². The third-order valence-corrected chi connectivity index (χ3v) is 3.84. The summed E-state index contributed by atoms with van der Waals surface area (Å²) in [5.41, 5.74) is 0.748. The molecule has 1 aromatic rings. The number of amides is 1. The lowest BCUT2D eigenvalue weighted by Crippen LogP contribution is -2.46. The Labute approximate surface area is 123 Å². The van der Waals surface area contributed by atoms with Crippen molar-refractivity contribution in [2.24, 2.45) is 11.8 Å². The minimum absolute atomic E-state index is 0.125. The molecule has 3 unspecified atom stereocenters. The molecule has 1 amide bonds. The Balaban J connectivity index is 2.00. The molecule has 1 aliphatic rings. The summed E-state index contributed by atoms with van der Waals surface area (Å²) in [6.07, 6.45) is 0.190. The van der Waals surface area contributed by atoms with Crippen LogP contribution in [-0.2, 0) is 16.0 Å². The summed E-state index contributed by atoms with van der Waals surface area (Å²) in [6, 6.07) is 5.33. The average Bonchev–Trinajstić information content (AvgIpc) is 2.86. The number of carbonyl (C=O) groups is 2. The highest BCUT2D eigenvalue weighted by Crippen LogP contribution is 2.17. The van der Waals surface area contributed by atoms with Crippen LogP contribution >= 0.6 is 0 Å². The molecule has 1 fully saturated rings. The largest absolute Gasteiger partial charge is 0.508 e. The van der Waals surface area contributed by atoms with E-state index in [2.05, 4.69) is 10.6 Å². The zero-order chi connectivity index (χ0) is 15.4. The molecule has 0 spiro atoms. The van der Waals surface area contributed by atoms with Crippen molar-refractivity contribution in [1.29, 1.82) is 0 Å². The number of benzene rings is 1. The standard InChI is InChI=1S/C15H20N2O4/c1-9-7-16-8-12(9)14(19)17-13(15(20)21)6-10-2-4-11(18)5-3-10/h2-5,9,12-13,16,18H,6-8H2,1H3,(H,17,19)(H,20,21).